The first kappa shape index (κ1) is 14.0. The number of hydrogen-bond donors (Lipinski definition) is 0. The Morgan fingerprint density at radius 3 is 2.95 bits per heavy atom. The van der Waals surface area contributed by atoms with Gasteiger partial charge in [-0.1, -0.05) is 0 Å². The van der Waals surface area contributed by atoms with Gasteiger partial charge in [0.1, 0.15) is 0 Å². The molecule has 0 aromatic heterocycles. The molecule has 1 amide bonds. The highest BCUT2D eigenvalue weighted by molar-refractivity contribution is 9.10. The predicted molar refractivity (Wildman–Crippen MR) is 72.1 cm³/mol. The summed E-state index contributed by atoms with van der Waals surface area (Å²) in [6.07, 6.45) is 0. The Hall–Kier alpha value is -1.47. The van der Waals surface area contributed by atoms with E-state index in [9.17, 15) is 14.9 Å². The number of halogens is 1. The molecule has 0 N–H and O–H groups in total. The maximum atomic E-state index is 12.3. The zero-order valence-corrected chi connectivity index (χ0v) is 11.9. The van der Waals surface area contributed by atoms with Crippen LogP contribution in [0.2, 0.25) is 0 Å². The molecule has 0 unspecified atom stereocenters. The number of nitro groups is 1. The highest BCUT2D eigenvalue weighted by Crippen LogP contribution is 2.26. The molecule has 1 aromatic rings. The van der Waals surface area contributed by atoms with Crippen LogP contribution >= 0.6 is 15.9 Å². The van der Waals surface area contributed by atoms with Crippen molar-refractivity contribution in [2.45, 2.75) is 13.0 Å². The van der Waals surface area contributed by atoms with Gasteiger partial charge in [0, 0.05) is 18.2 Å². The molecule has 1 aliphatic heterocycles. The SMILES string of the molecule is C[C@@H]1COCCN1C(=O)c1ccc(Br)c([N+](=O)[O-])c1. The quantitative estimate of drug-likeness (QED) is 0.616. The third-order valence-corrected chi connectivity index (χ3v) is 3.69. The lowest BCUT2D eigenvalue weighted by Gasteiger charge is -2.33. The van der Waals surface area contributed by atoms with Crippen molar-refractivity contribution in [1.82, 2.24) is 4.90 Å². The van der Waals surface area contributed by atoms with Gasteiger partial charge in [-0.25, -0.2) is 0 Å². The molecule has 0 spiro atoms. The molecule has 1 aromatic carbocycles. The average molecular weight is 329 g/mol. The van der Waals surface area contributed by atoms with Gasteiger partial charge in [0.25, 0.3) is 11.6 Å². The van der Waals surface area contributed by atoms with Crippen LogP contribution in [-0.2, 0) is 4.74 Å². The number of benzene rings is 1. The second kappa shape index (κ2) is 5.66. The molecule has 0 bridgehead atoms. The van der Waals surface area contributed by atoms with Gasteiger partial charge in [-0.05, 0) is 35.0 Å². The third kappa shape index (κ3) is 2.93. The van der Waals surface area contributed by atoms with E-state index in [2.05, 4.69) is 15.9 Å². The lowest BCUT2D eigenvalue weighted by molar-refractivity contribution is -0.385. The second-order valence-corrected chi connectivity index (χ2v) is 5.20. The zero-order chi connectivity index (χ0) is 14.0. The van der Waals surface area contributed by atoms with Crippen molar-refractivity contribution >= 4 is 27.5 Å². The lowest BCUT2D eigenvalue weighted by Crippen LogP contribution is -2.47. The molecule has 19 heavy (non-hydrogen) atoms. The molecule has 6 nitrogen and oxygen atoms in total. The number of hydrogen-bond acceptors (Lipinski definition) is 4. The summed E-state index contributed by atoms with van der Waals surface area (Å²) in [6.45, 7) is 3.38. The molecular formula is C12H13BrN2O4. The van der Waals surface area contributed by atoms with Crippen molar-refractivity contribution in [2.75, 3.05) is 19.8 Å². The van der Waals surface area contributed by atoms with Crippen LogP contribution in [-0.4, -0.2) is 41.5 Å². The largest absolute Gasteiger partial charge is 0.377 e. The molecule has 102 valence electrons. The number of rotatable bonds is 2. The average Bonchev–Trinajstić information content (AvgIpc) is 2.38. The smallest absolute Gasteiger partial charge is 0.284 e. The van der Waals surface area contributed by atoms with E-state index in [1.165, 1.54) is 12.1 Å². The van der Waals surface area contributed by atoms with Crippen LogP contribution in [0.1, 0.15) is 17.3 Å². The van der Waals surface area contributed by atoms with E-state index in [1.54, 1.807) is 11.0 Å². The predicted octanol–water partition coefficient (Wildman–Crippen LogP) is 2.22. The Kier molecular flexibility index (Phi) is 4.16. The summed E-state index contributed by atoms with van der Waals surface area (Å²) in [5.41, 5.74) is 0.218. The van der Waals surface area contributed by atoms with Crippen LogP contribution in [0.5, 0.6) is 0 Å². The van der Waals surface area contributed by atoms with Gasteiger partial charge >= 0.3 is 0 Å². The lowest BCUT2D eigenvalue weighted by atomic mass is 10.1. The third-order valence-electron chi connectivity index (χ3n) is 3.02. The highest BCUT2D eigenvalue weighted by atomic mass is 79.9. The van der Waals surface area contributed by atoms with Crippen LogP contribution in [0.25, 0.3) is 0 Å². The zero-order valence-electron chi connectivity index (χ0n) is 10.3. The Labute approximate surface area is 118 Å². The van der Waals surface area contributed by atoms with Gasteiger partial charge < -0.3 is 9.64 Å². The Balaban J connectivity index is 2.28. The fourth-order valence-corrected chi connectivity index (χ4v) is 2.37. The number of nitro benzene ring substituents is 1. The van der Waals surface area contributed by atoms with E-state index >= 15 is 0 Å². The first-order valence-electron chi connectivity index (χ1n) is 5.83. The number of morpholine rings is 1. The molecule has 0 radical (unpaired) electrons. The van der Waals surface area contributed by atoms with E-state index in [-0.39, 0.29) is 17.6 Å². The summed E-state index contributed by atoms with van der Waals surface area (Å²) in [5.74, 6) is -0.202. The van der Waals surface area contributed by atoms with Gasteiger partial charge in [-0.15, -0.1) is 0 Å². The minimum absolute atomic E-state index is 0.0241. The van der Waals surface area contributed by atoms with E-state index < -0.39 is 4.92 Å². The van der Waals surface area contributed by atoms with Crippen molar-refractivity contribution in [3.8, 4) is 0 Å². The number of nitrogens with zero attached hydrogens (tertiary/aromatic N) is 2. The number of amides is 1. The number of carbonyl (C=O) groups excluding carboxylic acids is 1. The van der Waals surface area contributed by atoms with Gasteiger partial charge in [0.15, 0.2) is 0 Å². The Morgan fingerprint density at radius 2 is 2.32 bits per heavy atom. The van der Waals surface area contributed by atoms with Crippen LogP contribution < -0.4 is 0 Å². The molecule has 1 aliphatic rings. The standard InChI is InChI=1S/C12H13BrN2O4/c1-8-7-19-5-4-14(8)12(16)9-2-3-10(13)11(6-9)15(17)18/h2-3,6,8H,4-5,7H2,1H3/t8-/m1/s1. The molecule has 1 atom stereocenters. The fourth-order valence-electron chi connectivity index (χ4n) is 1.98. The summed E-state index contributed by atoms with van der Waals surface area (Å²) < 4.78 is 5.63. The first-order valence-corrected chi connectivity index (χ1v) is 6.62. The maximum Gasteiger partial charge on any atom is 0.284 e. The van der Waals surface area contributed by atoms with E-state index in [0.717, 1.165) is 0 Å². The number of carbonyl (C=O) groups is 1. The highest BCUT2D eigenvalue weighted by Gasteiger charge is 2.26. The summed E-state index contributed by atoms with van der Waals surface area (Å²) in [4.78, 5) is 24.4. The maximum absolute atomic E-state index is 12.3. The normalized spacial score (nSPS) is 19.3. The monoisotopic (exact) mass is 328 g/mol. The van der Waals surface area contributed by atoms with Crippen molar-refractivity contribution in [1.29, 1.82) is 0 Å². The molecule has 7 heteroatoms. The fraction of sp³-hybridized carbons (Fsp3) is 0.417. The molecule has 0 aliphatic carbocycles. The van der Waals surface area contributed by atoms with Crippen LogP contribution in [0.3, 0.4) is 0 Å². The molecule has 1 heterocycles. The molecule has 2 rings (SSSR count). The van der Waals surface area contributed by atoms with Crippen LogP contribution in [0.4, 0.5) is 5.69 Å². The molecule has 0 saturated carbocycles. The van der Waals surface area contributed by atoms with Gasteiger partial charge in [0.05, 0.1) is 28.7 Å². The minimum Gasteiger partial charge on any atom is -0.377 e. The Morgan fingerprint density at radius 1 is 1.58 bits per heavy atom. The van der Waals surface area contributed by atoms with Crippen molar-refractivity contribution < 1.29 is 14.5 Å². The minimum atomic E-state index is -0.510. The van der Waals surface area contributed by atoms with Crippen molar-refractivity contribution in [3.63, 3.8) is 0 Å². The van der Waals surface area contributed by atoms with Crippen LogP contribution in [0, 0.1) is 10.1 Å². The van der Waals surface area contributed by atoms with Crippen molar-refractivity contribution in [3.05, 3.63) is 38.3 Å². The second-order valence-electron chi connectivity index (χ2n) is 4.35. The molecular weight excluding hydrogens is 316 g/mol. The first-order chi connectivity index (χ1) is 9.00. The summed E-state index contributed by atoms with van der Waals surface area (Å²) in [7, 11) is 0. The summed E-state index contributed by atoms with van der Waals surface area (Å²) in [6, 6.07) is 4.39. The van der Waals surface area contributed by atoms with Gasteiger partial charge in [0.2, 0.25) is 0 Å². The van der Waals surface area contributed by atoms with Crippen LogP contribution in [0.15, 0.2) is 22.7 Å². The van der Waals surface area contributed by atoms with E-state index in [1.807, 2.05) is 6.92 Å². The van der Waals surface area contributed by atoms with Gasteiger partial charge in [-0.3, -0.25) is 14.9 Å². The van der Waals surface area contributed by atoms with Crippen molar-refractivity contribution in [2.24, 2.45) is 0 Å². The van der Waals surface area contributed by atoms with Gasteiger partial charge in [-0.2, -0.15) is 0 Å². The topological polar surface area (TPSA) is 72.7 Å². The summed E-state index contributed by atoms with van der Waals surface area (Å²) in [5, 5.41) is 10.9. The van der Waals surface area contributed by atoms with E-state index in [4.69, 9.17) is 4.74 Å². The van der Waals surface area contributed by atoms with E-state index in [0.29, 0.717) is 29.8 Å². The molecule has 1 saturated heterocycles. The number of ether oxygens (including phenoxy) is 1. The molecule has 1 fully saturated rings. The Bertz CT molecular complexity index is 520. The summed E-state index contributed by atoms with van der Waals surface area (Å²) >= 11 is 3.10.